The number of carbonyl (C=O) groups is 1. The number of carboxylic acid groups (broad SMARTS) is 1. The number of halogens is 3. The van der Waals surface area contributed by atoms with E-state index in [0.717, 1.165) is 11.1 Å². The first kappa shape index (κ1) is 23.9. The molecule has 0 unspecified atom stereocenters. The molecule has 9 heteroatoms. The number of nitrogen functional groups attached to an aromatic ring is 1. The van der Waals surface area contributed by atoms with E-state index in [0.29, 0.717) is 25.5 Å². The lowest BCUT2D eigenvalue weighted by atomic mass is 9.90. The summed E-state index contributed by atoms with van der Waals surface area (Å²) in [6.45, 7) is 3.41. The van der Waals surface area contributed by atoms with Crippen LogP contribution in [-0.2, 0) is 11.3 Å². The molecule has 0 radical (unpaired) electrons. The summed E-state index contributed by atoms with van der Waals surface area (Å²) >= 11 is 0. The Morgan fingerprint density at radius 3 is 2.61 bits per heavy atom. The van der Waals surface area contributed by atoms with E-state index in [-0.39, 0.29) is 43.4 Å². The van der Waals surface area contributed by atoms with E-state index in [2.05, 4.69) is 9.88 Å². The quantitative estimate of drug-likeness (QED) is 0.753. The lowest BCUT2D eigenvalue weighted by Gasteiger charge is -2.39. The second kappa shape index (κ2) is 9.91. The zero-order valence-corrected chi connectivity index (χ0v) is 17.1. The van der Waals surface area contributed by atoms with Gasteiger partial charge in [0.15, 0.2) is 11.6 Å². The molecule has 0 atom stereocenters. The maximum atomic E-state index is 14.0. The molecule has 1 aliphatic rings. The molecule has 154 valence electrons. The van der Waals surface area contributed by atoms with E-state index in [1.807, 2.05) is 12.1 Å². The summed E-state index contributed by atoms with van der Waals surface area (Å²) < 4.78 is 19.7. The number of pyridine rings is 1. The van der Waals surface area contributed by atoms with Gasteiger partial charge in [-0.25, -0.2) is 14.2 Å². The maximum absolute atomic E-state index is 14.0. The zero-order valence-electron chi connectivity index (χ0n) is 15.4. The lowest BCUT2D eigenvalue weighted by molar-refractivity contribution is -0.160. The highest BCUT2D eigenvalue weighted by atomic mass is 35.5. The van der Waals surface area contributed by atoms with Crippen LogP contribution >= 0.6 is 24.8 Å². The molecule has 0 bridgehead atoms. The number of anilines is 1. The molecule has 1 saturated heterocycles. The van der Waals surface area contributed by atoms with Crippen molar-refractivity contribution < 1.29 is 19.0 Å². The van der Waals surface area contributed by atoms with E-state index in [1.165, 1.54) is 12.1 Å². The molecule has 1 aromatic carbocycles. The van der Waals surface area contributed by atoms with Gasteiger partial charge in [0.25, 0.3) is 0 Å². The van der Waals surface area contributed by atoms with Crippen molar-refractivity contribution in [3.05, 3.63) is 53.5 Å². The molecule has 1 aliphatic heterocycles. The van der Waals surface area contributed by atoms with Gasteiger partial charge >= 0.3 is 5.97 Å². The SMILES string of the molecule is Cc1ccc(F)c(OC2(C(=O)O)CCN(Cc3cccnc3N)CC2)c1.Cl.Cl. The third-order valence-corrected chi connectivity index (χ3v) is 4.77. The monoisotopic (exact) mass is 431 g/mol. The molecule has 0 aliphatic carbocycles. The normalized spacial score (nSPS) is 15.8. The fourth-order valence-electron chi connectivity index (χ4n) is 3.16. The summed E-state index contributed by atoms with van der Waals surface area (Å²) in [6, 6.07) is 8.17. The van der Waals surface area contributed by atoms with E-state index >= 15 is 0 Å². The first-order valence-electron chi connectivity index (χ1n) is 8.50. The number of piperidine rings is 1. The molecular formula is C19H24Cl2FN3O3. The number of carboxylic acids is 1. The summed E-state index contributed by atoms with van der Waals surface area (Å²) in [7, 11) is 0. The van der Waals surface area contributed by atoms with Gasteiger partial charge in [-0.3, -0.25) is 4.90 Å². The molecular weight excluding hydrogens is 408 g/mol. The zero-order chi connectivity index (χ0) is 18.7. The smallest absolute Gasteiger partial charge is 0.348 e. The fourth-order valence-corrected chi connectivity index (χ4v) is 3.16. The molecule has 1 aromatic heterocycles. The number of nitrogens with two attached hydrogens (primary N) is 1. The minimum Gasteiger partial charge on any atom is -0.478 e. The van der Waals surface area contributed by atoms with Gasteiger partial charge < -0.3 is 15.6 Å². The second-order valence-electron chi connectivity index (χ2n) is 6.66. The summed E-state index contributed by atoms with van der Waals surface area (Å²) in [6.07, 6.45) is 2.15. The number of hydrogen-bond acceptors (Lipinski definition) is 5. The van der Waals surface area contributed by atoms with Crippen LogP contribution in [0.5, 0.6) is 5.75 Å². The topological polar surface area (TPSA) is 88.7 Å². The van der Waals surface area contributed by atoms with Crippen LogP contribution in [0.3, 0.4) is 0 Å². The Morgan fingerprint density at radius 1 is 1.32 bits per heavy atom. The van der Waals surface area contributed by atoms with Gasteiger partial charge in [-0.15, -0.1) is 24.8 Å². The third-order valence-electron chi connectivity index (χ3n) is 4.77. The second-order valence-corrected chi connectivity index (χ2v) is 6.66. The van der Waals surface area contributed by atoms with Crippen molar-refractivity contribution in [2.75, 3.05) is 18.8 Å². The first-order chi connectivity index (χ1) is 12.4. The highest BCUT2D eigenvalue weighted by Crippen LogP contribution is 2.32. The predicted octanol–water partition coefficient (Wildman–Crippen LogP) is 3.45. The summed E-state index contributed by atoms with van der Waals surface area (Å²) in [5.74, 6) is -1.17. The Bertz CT molecular complexity index is 815. The molecule has 3 N–H and O–H groups in total. The van der Waals surface area contributed by atoms with Crippen LogP contribution in [-0.4, -0.2) is 39.7 Å². The van der Waals surface area contributed by atoms with Crippen molar-refractivity contribution in [2.24, 2.45) is 0 Å². The minimum atomic E-state index is -1.42. The molecule has 3 rings (SSSR count). The Morgan fingerprint density at radius 2 is 2.00 bits per heavy atom. The van der Waals surface area contributed by atoms with E-state index in [9.17, 15) is 14.3 Å². The number of aromatic nitrogens is 1. The van der Waals surface area contributed by atoms with Gasteiger partial charge in [0.05, 0.1) is 0 Å². The number of aliphatic carboxylic acids is 1. The number of likely N-dealkylation sites (tertiary alicyclic amines) is 1. The van der Waals surface area contributed by atoms with E-state index in [1.54, 1.807) is 19.2 Å². The number of nitrogens with zero attached hydrogens (tertiary/aromatic N) is 2. The third kappa shape index (κ3) is 5.25. The van der Waals surface area contributed by atoms with Crippen LogP contribution in [0, 0.1) is 12.7 Å². The average molecular weight is 432 g/mol. The van der Waals surface area contributed by atoms with Crippen molar-refractivity contribution in [3.8, 4) is 5.75 Å². The van der Waals surface area contributed by atoms with Crippen molar-refractivity contribution in [1.82, 2.24) is 9.88 Å². The number of aryl methyl sites for hydroxylation is 1. The van der Waals surface area contributed by atoms with Crippen LogP contribution < -0.4 is 10.5 Å². The summed E-state index contributed by atoms with van der Waals surface area (Å²) in [5.41, 5.74) is 6.16. The molecule has 28 heavy (non-hydrogen) atoms. The Balaban J connectivity index is 0.00000196. The van der Waals surface area contributed by atoms with Crippen LogP contribution in [0.15, 0.2) is 36.5 Å². The fraction of sp³-hybridized carbons (Fsp3) is 0.368. The van der Waals surface area contributed by atoms with Gasteiger partial charge in [-0.2, -0.15) is 0 Å². The Kier molecular flexibility index (Phi) is 8.48. The molecule has 0 amide bonds. The highest BCUT2D eigenvalue weighted by molar-refractivity contribution is 5.85. The largest absolute Gasteiger partial charge is 0.478 e. The van der Waals surface area contributed by atoms with E-state index < -0.39 is 17.4 Å². The van der Waals surface area contributed by atoms with Crippen molar-refractivity contribution in [2.45, 2.75) is 31.9 Å². The highest BCUT2D eigenvalue weighted by Gasteiger charge is 2.44. The van der Waals surface area contributed by atoms with Gasteiger partial charge in [0, 0.05) is 44.2 Å². The van der Waals surface area contributed by atoms with Crippen molar-refractivity contribution in [3.63, 3.8) is 0 Å². The number of hydrogen-bond donors (Lipinski definition) is 2. The van der Waals surface area contributed by atoms with Gasteiger partial charge in [0.2, 0.25) is 5.60 Å². The standard InChI is InChI=1S/C19H22FN3O3.2ClH/c1-13-4-5-15(20)16(11-13)26-19(18(24)25)6-9-23(10-7-19)12-14-3-2-8-22-17(14)21;;/h2-5,8,11H,6-7,9-10,12H2,1H3,(H2,21,22)(H,24,25);2*1H. The number of benzene rings is 1. The van der Waals surface area contributed by atoms with Crippen LogP contribution in [0.2, 0.25) is 0 Å². The van der Waals surface area contributed by atoms with Crippen LogP contribution in [0.1, 0.15) is 24.0 Å². The Labute approximate surface area is 175 Å². The van der Waals surface area contributed by atoms with Crippen LogP contribution in [0.25, 0.3) is 0 Å². The molecule has 1 fully saturated rings. The molecule has 2 aromatic rings. The first-order valence-corrected chi connectivity index (χ1v) is 8.50. The molecule has 2 heterocycles. The Hall–Kier alpha value is -2.09. The number of rotatable bonds is 5. The predicted molar refractivity (Wildman–Crippen MR) is 110 cm³/mol. The van der Waals surface area contributed by atoms with Crippen molar-refractivity contribution in [1.29, 1.82) is 0 Å². The lowest BCUT2D eigenvalue weighted by Crippen LogP contribution is -2.53. The van der Waals surface area contributed by atoms with Gasteiger partial charge in [-0.1, -0.05) is 12.1 Å². The van der Waals surface area contributed by atoms with Crippen molar-refractivity contribution >= 4 is 36.6 Å². The average Bonchev–Trinajstić information content (AvgIpc) is 2.61. The number of ether oxygens (including phenoxy) is 1. The molecule has 6 nitrogen and oxygen atoms in total. The van der Waals surface area contributed by atoms with Gasteiger partial charge in [-0.05, 0) is 30.7 Å². The van der Waals surface area contributed by atoms with E-state index in [4.69, 9.17) is 10.5 Å². The van der Waals surface area contributed by atoms with Gasteiger partial charge in [0.1, 0.15) is 5.82 Å². The van der Waals surface area contributed by atoms with Crippen LogP contribution in [0.4, 0.5) is 10.2 Å². The summed E-state index contributed by atoms with van der Waals surface area (Å²) in [5, 5.41) is 9.73. The molecule has 0 spiro atoms. The minimum absolute atomic E-state index is 0. The molecule has 0 saturated carbocycles. The summed E-state index contributed by atoms with van der Waals surface area (Å²) in [4.78, 5) is 18.1. The maximum Gasteiger partial charge on any atom is 0.348 e.